The molecule has 146 valence electrons. The predicted molar refractivity (Wildman–Crippen MR) is 109 cm³/mol. The average molecular weight is 387 g/mol. The first-order chi connectivity index (χ1) is 14.2. The normalized spacial score (nSPS) is 19.1. The molecule has 1 aromatic carbocycles. The molecule has 4 heterocycles. The van der Waals surface area contributed by atoms with Crippen LogP contribution < -0.4 is 5.32 Å². The third kappa shape index (κ3) is 3.23. The number of aromatic nitrogens is 4. The quantitative estimate of drug-likeness (QED) is 0.582. The summed E-state index contributed by atoms with van der Waals surface area (Å²) in [6.07, 6.45) is 6.14. The highest BCUT2D eigenvalue weighted by Gasteiger charge is 2.31. The number of para-hydroxylation sites is 1. The van der Waals surface area contributed by atoms with Crippen molar-refractivity contribution in [2.75, 3.05) is 13.2 Å². The van der Waals surface area contributed by atoms with Gasteiger partial charge in [0.25, 0.3) is 5.91 Å². The zero-order valence-electron chi connectivity index (χ0n) is 16.1. The van der Waals surface area contributed by atoms with E-state index in [2.05, 4.69) is 32.4 Å². The molecule has 1 fully saturated rings. The lowest BCUT2D eigenvalue weighted by molar-refractivity contribution is 0.0918. The van der Waals surface area contributed by atoms with E-state index in [9.17, 15) is 4.79 Å². The maximum absolute atomic E-state index is 13.0. The van der Waals surface area contributed by atoms with Gasteiger partial charge in [-0.25, -0.2) is 9.97 Å². The first-order valence-electron chi connectivity index (χ1n) is 9.71. The Kier molecular flexibility index (Phi) is 4.44. The molecule has 1 aliphatic heterocycles. The Morgan fingerprint density at radius 3 is 3.00 bits per heavy atom. The molecular formula is C22H21N5O2. The molecule has 5 rings (SSSR count). The number of hydrogen-bond donors (Lipinski definition) is 1. The number of carbonyl (C=O) groups is 1. The van der Waals surface area contributed by atoms with E-state index < -0.39 is 0 Å². The van der Waals surface area contributed by atoms with Gasteiger partial charge in [-0.05, 0) is 37.1 Å². The van der Waals surface area contributed by atoms with Gasteiger partial charge in [0.1, 0.15) is 5.69 Å². The summed E-state index contributed by atoms with van der Waals surface area (Å²) in [6.45, 7) is 2.96. The number of aryl methyl sites for hydroxylation is 1. The number of imidazole rings is 1. The van der Waals surface area contributed by atoms with Gasteiger partial charge < -0.3 is 10.1 Å². The van der Waals surface area contributed by atoms with Gasteiger partial charge in [0.05, 0.1) is 30.5 Å². The molecule has 0 bridgehead atoms. The molecule has 0 aliphatic carbocycles. The van der Waals surface area contributed by atoms with E-state index in [0.29, 0.717) is 30.4 Å². The number of fused-ring (bicyclic) bond motifs is 2. The lowest BCUT2D eigenvalue weighted by atomic mass is 9.93. The highest BCUT2D eigenvalue weighted by Crippen LogP contribution is 2.24. The average Bonchev–Trinajstić information content (AvgIpc) is 3.31. The first-order valence-corrected chi connectivity index (χ1v) is 9.71. The van der Waals surface area contributed by atoms with Crippen molar-refractivity contribution in [1.29, 1.82) is 0 Å². The van der Waals surface area contributed by atoms with Gasteiger partial charge >= 0.3 is 0 Å². The second-order valence-electron chi connectivity index (χ2n) is 7.40. The standard InChI is InChI=1S/C22H21N5O2/c1-14-20(27-10-4-8-24-22(27)25-14)21(28)26-19-13-29-12-16(19)11-15-7-9-23-18-6-3-2-5-17(15)18/h2-10,16,19H,11-13H2,1H3,(H,26,28). The monoisotopic (exact) mass is 387 g/mol. The molecule has 2 unspecified atom stereocenters. The van der Waals surface area contributed by atoms with Gasteiger partial charge in [-0.3, -0.25) is 14.2 Å². The number of rotatable bonds is 4. The number of pyridine rings is 1. The summed E-state index contributed by atoms with van der Waals surface area (Å²) in [7, 11) is 0. The zero-order chi connectivity index (χ0) is 19.8. The van der Waals surface area contributed by atoms with Crippen LogP contribution in [0, 0.1) is 12.8 Å². The van der Waals surface area contributed by atoms with Gasteiger partial charge in [0, 0.05) is 29.9 Å². The first kappa shape index (κ1) is 17.8. The minimum atomic E-state index is -0.150. The Bertz CT molecular complexity index is 1200. The molecule has 0 saturated carbocycles. The summed E-state index contributed by atoms with van der Waals surface area (Å²) in [6, 6.07) is 11.9. The Morgan fingerprint density at radius 1 is 1.17 bits per heavy atom. The Morgan fingerprint density at radius 2 is 2.07 bits per heavy atom. The van der Waals surface area contributed by atoms with Crippen LogP contribution in [0.2, 0.25) is 0 Å². The largest absolute Gasteiger partial charge is 0.379 e. The second kappa shape index (κ2) is 7.25. The molecule has 7 heteroatoms. The summed E-state index contributed by atoms with van der Waals surface area (Å²) < 4.78 is 7.45. The van der Waals surface area contributed by atoms with Gasteiger partial charge in [0.2, 0.25) is 5.78 Å². The second-order valence-corrected chi connectivity index (χ2v) is 7.40. The smallest absolute Gasteiger partial charge is 0.270 e. The van der Waals surface area contributed by atoms with Crippen LogP contribution in [-0.2, 0) is 11.2 Å². The molecule has 7 nitrogen and oxygen atoms in total. The Labute approximate surface area is 167 Å². The van der Waals surface area contributed by atoms with Crippen molar-refractivity contribution in [2.45, 2.75) is 19.4 Å². The predicted octanol–water partition coefficient (Wildman–Crippen LogP) is 2.57. The minimum absolute atomic E-state index is 0.0592. The van der Waals surface area contributed by atoms with Crippen molar-refractivity contribution in [2.24, 2.45) is 5.92 Å². The van der Waals surface area contributed by atoms with E-state index in [-0.39, 0.29) is 17.9 Å². The molecule has 2 atom stereocenters. The van der Waals surface area contributed by atoms with Crippen LogP contribution in [0.5, 0.6) is 0 Å². The molecule has 1 amide bonds. The van der Waals surface area contributed by atoms with Crippen LogP contribution >= 0.6 is 0 Å². The highest BCUT2D eigenvalue weighted by atomic mass is 16.5. The third-order valence-corrected chi connectivity index (χ3v) is 5.53. The molecule has 29 heavy (non-hydrogen) atoms. The molecule has 4 aromatic rings. The van der Waals surface area contributed by atoms with Crippen LogP contribution in [0.15, 0.2) is 55.0 Å². The number of nitrogens with zero attached hydrogens (tertiary/aromatic N) is 4. The van der Waals surface area contributed by atoms with Crippen molar-refractivity contribution in [3.8, 4) is 0 Å². The topological polar surface area (TPSA) is 81.4 Å². The maximum atomic E-state index is 13.0. The van der Waals surface area contributed by atoms with Gasteiger partial charge in [-0.1, -0.05) is 18.2 Å². The number of carbonyl (C=O) groups excluding carboxylic acids is 1. The Balaban J connectivity index is 1.38. The SMILES string of the molecule is Cc1nc2ncccn2c1C(=O)NC1COCC1Cc1ccnc2ccccc12. The molecule has 1 aliphatic rings. The molecule has 0 spiro atoms. The summed E-state index contributed by atoms with van der Waals surface area (Å²) in [5.41, 5.74) is 3.39. The van der Waals surface area contributed by atoms with Gasteiger partial charge in [-0.15, -0.1) is 0 Å². The van der Waals surface area contributed by atoms with E-state index in [1.165, 1.54) is 5.56 Å². The summed E-state index contributed by atoms with van der Waals surface area (Å²) in [5, 5.41) is 4.31. The molecule has 3 aromatic heterocycles. The number of ether oxygens (including phenoxy) is 1. The lowest BCUT2D eigenvalue weighted by Gasteiger charge is -2.20. The van der Waals surface area contributed by atoms with E-state index in [0.717, 1.165) is 17.3 Å². The minimum Gasteiger partial charge on any atom is -0.379 e. The summed E-state index contributed by atoms with van der Waals surface area (Å²) in [4.78, 5) is 26.1. The number of amides is 1. The van der Waals surface area contributed by atoms with Crippen molar-refractivity contribution in [1.82, 2.24) is 24.7 Å². The van der Waals surface area contributed by atoms with Crippen LogP contribution in [0.4, 0.5) is 0 Å². The van der Waals surface area contributed by atoms with Gasteiger partial charge in [-0.2, -0.15) is 0 Å². The number of hydrogen-bond acceptors (Lipinski definition) is 5. The van der Waals surface area contributed by atoms with Crippen molar-refractivity contribution in [3.05, 3.63) is 71.9 Å². The molecule has 1 N–H and O–H groups in total. The van der Waals surface area contributed by atoms with E-state index >= 15 is 0 Å². The van der Waals surface area contributed by atoms with E-state index in [4.69, 9.17) is 4.74 Å². The number of nitrogens with one attached hydrogen (secondary N) is 1. The maximum Gasteiger partial charge on any atom is 0.270 e. The van der Waals surface area contributed by atoms with Crippen molar-refractivity contribution < 1.29 is 9.53 Å². The fraction of sp³-hybridized carbons (Fsp3) is 0.273. The summed E-state index contributed by atoms with van der Waals surface area (Å²) >= 11 is 0. The fourth-order valence-electron chi connectivity index (χ4n) is 4.08. The van der Waals surface area contributed by atoms with E-state index in [1.807, 2.05) is 37.5 Å². The highest BCUT2D eigenvalue weighted by molar-refractivity contribution is 5.94. The zero-order valence-corrected chi connectivity index (χ0v) is 16.1. The fourth-order valence-corrected chi connectivity index (χ4v) is 4.08. The summed E-state index contributed by atoms with van der Waals surface area (Å²) in [5.74, 6) is 0.572. The third-order valence-electron chi connectivity index (χ3n) is 5.53. The van der Waals surface area contributed by atoms with E-state index in [1.54, 1.807) is 16.7 Å². The van der Waals surface area contributed by atoms with Crippen LogP contribution in [0.25, 0.3) is 16.7 Å². The van der Waals surface area contributed by atoms with Crippen molar-refractivity contribution in [3.63, 3.8) is 0 Å². The number of benzene rings is 1. The lowest BCUT2D eigenvalue weighted by Crippen LogP contribution is -2.41. The molecule has 1 saturated heterocycles. The van der Waals surface area contributed by atoms with Crippen LogP contribution in [-0.4, -0.2) is 44.5 Å². The van der Waals surface area contributed by atoms with Crippen molar-refractivity contribution >= 4 is 22.6 Å². The molecule has 0 radical (unpaired) electrons. The van der Waals surface area contributed by atoms with Crippen LogP contribution in [0.1, 0.15) is 21.7 Å². The Hall–Kier alpha value is -3.32. The van der Waals surface area contributed by atoms with Gasteiger partial charge in [0.15, 0.2) is 0 Å². The molecular weight excluding hydrogens is 366 g/mol. The van der Waals surface area contributed by atoms with Crippen LogP contribution in [0.3, 0.4) is 0 Å².